The van der Waals surface area contributed by atoms with Crippen LogP contribution in [0.1, 0.15) is 5.56 Å². The fourth-order valence-electron chi connectivity index (χ4n) is 2.09. The van der Waals surface area contributed by atoms with E-state index in [9.17, 15) is 9.59 Å². The van der Waals surface area contributed by atoms with E-state index in [1.165, 1.54) is 29.2 Å². The molecule has 0 saturated carbocycles. The van der Waals surface area contributed by atoms with Crippen molar-refractivity contribution in [1.29, 1.82) is 0 Å². The lowest BCUT2D eigenvalue weighted by molar-refractivity contribution is -0.141. The third kappa shape index (κ3) is 1.70. The summed E-state index contributed by atoms with van der Waals surface area (Å²) >= 11 is 1.19. The fraction of sp³-hybridized carbons (Fsp3) is 0.167. The average Bonchev–Trinajstić information content (AvgIpc) is 3.00. The molecule has 3 heterocycles. The lowest BCUT2D eigenvalue weighted by Gasteiger charge is -2.36. The molecule has 2 aliphatic heterocycles. The van der Waals surface area contributed by atoms with Crippen LogP contribution in [0.15, 0.2) is 39.2 Å². The quantitative estimate of drug-likeness (QED) is 0.630. The number of nitrogens with zero attached hydrogens (tertiary/aromatic N) is 1. The summed E-state index contributed by atoms with van der Waals surface area (Å²) in [7, 11) is 0. The highest BCUT2D eigenvalue weighted by Crippen LogP contribution is 2.49. The average molecular weight is 279 g/mol. The standard InChI is InChI=1S/C12H9NO5S/c14-4-8-9(12(16)17)13-10(15)7(11(13)19-8)3-6-1-2-18-5-6/h1-3,5,11,14H,4H2,(H,16,17)/b7-3-/t11-/m1/s1. The number of aliphatic hydroxyl groups excluding tert-OH is 1. The molecule has 6 nitrogen and oxygen atoms in total. The lowest BCUT2D eigenvalue weighted by Crippen LogP contribution is -2.51. The smallest absolute Gasteiger partial charge is 0.353 e. The second-order valence-electron chi connectivity index (χ2n) is 4.04. The first-order valence-electron chi connectivity index (χ1n) is 5.44. The fourth-order valence-corrected chi connectivity index (χ4v) is 3.33. The first kappa shape index (κ1) is 12.1. The van der Waals surface area contributed by atoms with Crippen LogP contribution in [-0.2, 0) is 9.59 Å². The number of aliphatic hydroxyl groups is 1. The molecule has 1 saturated heterocycles. The SMILES string of the molecule is O=C(O)C1=C(CO)S[C@@H]2/C(=C\c3ccoc3)C(=O)N12. The van der Waals surface area contributed by atoms with Gasteiger partial charge in [0.05, 0.1) is 24.7 Å². The second kappa shape index (κ2) is 4.29. The number of hydrogen-bond acceptors (Lipinski definition) is 5. The second-order valence-corrected chi connectivity index (χ2v) is 5.21. The minimum Gasteiger partial charge on any atom is -0.477 e. The van der Waals surface area contributed by atoms with Crippen molar-refractivity contribution in [3.8, 4) is 0 Å². The molecule has 0 spiro atoms. The van der Waals surface area contributed by atoms with Gasteiger partial charge >= 0.3 is 5.97 Å². The molecule has 0 aliphatic carbocycles. The molecule has 1 fully saturated rings. The van der Waals surface area contributed by atoms with E-state index in [-0.39, 0.29) is 23.6 Å². The zero-order valence-corrected chi connectivity index (χ0v) is 10.4. The van der Waals surface area contributed by atoms with E-state index in [1.807, 2.05) is 0 Å². The normalized spacial score (nSPS) is 23.8. The number of hydrogen-bond donors (Lipinski definition) is 2. The maximum Gasteiger partial charge on any atom is 0.353 e. The van der Waals surface area contributed by atoms with Crippen molar-refractivity contribution < 1.29 is 24.2 Å². The monoisotopic (exact) mass is 279 g/mol. The summed E-state index contributed by atoms with van der Waals surface area (Å²) in [6, 6.07) is 1.71. The molecule has 98 valence electrons. The molecule has 0 bridgehead atoms. The Morgan fingerprint density at radius 1 is 1.58 bits per heavy atom. The molecular weight excluding hydrogens is 270 g/mol. The zero-order valence-electron chi connectivity index (χ0n) is 9.57. The van der Waals surface area contributed by atoms with Crippen LogP contribution in [0.3, 0.4) is 0 Å². The Bertz CT molecular complexity index is 616. The lowest BCUT2D eigenvalue weighted by atomic mass is 10.0. The van der Waals surface area contributed by atoms with Gasteiger partial charge in [0.25, 0.3) is 5.91 Å². The Balaban J connectivity index is 1.92. The van der Waals surface area contributed by atoms with Gasteiger partial charge in [-0.15, -0.1) is 0 Å². The van der Waals surface area contributed by atoms with Crippen molar-refractivity contribution in [1.82, 2.24) is 4.90 Å². The molecule has 0 radical (unpaired) electrons. The summed E-state index contributed by atoms with van der Waals surface area (Å²) < 4.78 is 4.91. The number of rotatable bonds is 3. The summed E-state index contributed by atoms with van der Waals surface area (Å²) in [5.41, 5.74) is 1.14. The first-order valence-corrected chi connectivity index (χ1v) is 6.32. The van der Waals surface area contributed by atoms with Crippen LogP contribution >= 0.6 is 11.8 Å². The minimum atomic E-state index is -1.20. The maximum atomic E-state index is 12.0. The van der Waals surface area contributed by atoms with E-state index in [1.54, 1.807) is 12.1 Å². The summed E-state index contributed by atoms with van der Waals surface area (Å²) in [4.78, 5) is 24.6. The van der Waals surface area contributed by atoms with Crippen molar-refractivity contribution in [3.63, 3.8) is 0 Å². The Kier molecular flexibility index (Phi) is 2.72. The van der Waals surface area contributed by atoms with Crippen molar-refractivity contribution >= 4 is 29.7 Å². The van der Waals surface area contributed by atoms with Gasteiger partial charge in [0.1, 0.15) is 11.1 Å². The number of fused-ring (bicyclic) bond motifs is 1. The number of amides is 1. The van der Waals surface area contributed by atoms with E-state index in [0.29, 0.717) is 10.5 Å². The van der Waals surface area contributed by atoms with Crippen LogP contribution in [0, 0.1) is 0 Å². The zero-order chi connectivity index (χ0) is 13.6. The Labute approximate surface area is 112 Å². The number of aliphatic carboxylic acids is 1. The van der Waals surface area contributed by atoms with Gasteiger partial charge in [-0.2, -0.15) is 0 Å². The number of β-lactam (4-membered cyclic amide) rings is 1. The Morgan fingerprint density at radius 2 is 2.37 bits per heavy atom. The predicted octanol–water partition coefficient (Wildman–Crippen LogP) is 0.867. The van der Waals surface area contributed by atoms with Crippen molar-refractivity contribution in [2.45, 2.75) is 5.37 Å². The molecule has 1 amide bonds. The molecular formula is C12H9NO5S. The van der Waals surface area contributed by atoms with Crippen LogP contribution in [-0.4, -0.2) is 39.0 Å². The summed E-state index contributed by atoms with van der Waals surface area (Å²) in [6.45, 7) is -0.383. The van der Waals surface area contributed by atoms with Crippen LogP contribution in [0.2, 0.25) is 0 Å². The van der Waals surface area contributed by atoms with E-state index in [0.717, 1.165) is 5.56 Å². The van der Waals surface area contributed by atoms with Gasteiger partial charge < -0.3 is 14.6 Å². The number of carboxylic acids is 1. The number of thioether (sulfide) groups is 1. The van der Waals surface area contributed by atoms with Gasteiger partial charge in [0.15, 0.2) is 0 Å². The maximum absolute atomic E-state index is 12.0. The van der Waals surface area contributed by atoms with Gasteiger partial charge in [0.2, 0.25) is 0 Å². The van der Waals surface area contributed by atoms with Crippen LogP contribution in [0.25, 0.3) is 6.08 Å². The first-order chi connectivity index (χ1) is 9.13. The van der Waals surface area contributed by atoms with Crippen LogP contribution < -0.4 is 0 Å². The van der Waals surface area contributed by atoms with Crippen LogP contribution in [0.4, 0.5) is 0 Å². The van der Waals surface area contributed by atoms with Crippen LogP contribution in [0.5, 0.6) is 0 Å². The highest BCUT2D eigenvalue weighted by atomic mass is 32.2. The highest BCUT2D eigenvalue weighted by molar-refractivity contribution is 8.04. The van der Waals surface area contributed by atoms with Crippen molar-refractivity contribution in [3.05, 3.63) is 40.3 Å². The highest BCUT2D eigenvalue weighted by Gasteiger charge is 2.52. The van der Waals surface area contributed by atoms with Gasteiger partial charge in [-0.3, -0.25) is 9.69 Å². The molecule has 0 aromatic carbocycles. The van der Waals surface area contributed by atoms with Gasteiger partial charge in [0, 0.05) is 10.5 Å². The number of carbonyl (C=O) groups is 2. The third-order valence-corrected chi connectivity index (χ3v) is 4.23. The Morgan fingerprint density at radius 3 is 2.95 bits per heavy atom. The molecule has 7 heteroatoms. The summed E-state index contributed by atoms with van der Waals surface area (Å²) in [5, 5.41) is 17.9. The number of carbonyl (C=O) groups excluding carboxylic acids is 1. The molecule has 3 rings (SSSR count). The summed E-state index contributed by atoms with van der Waals surface area (Å²) in [6.07, 6.45) is 4.66. The van der Waals surface area contributed by atoms with E-state index in [4.69, 9.17) is 14.6 Å². The molecule has 1 aromatic heterocycles. The number of furan rings is 1. The minimum absolute atomic E-state index is 0.119. The molecule has 0 unspecified atom stereocenters. The largest absolute Gasteiger partial charge is 0.477 e. The van der Waals surface area contributed by atoms with E-state index < -0.39 is 5.97 Å². The third-order valence-electron chi connectivity index (χ3n) is 2.94. The van der Waals surface area contributed by atoms with Gasteiger partial charge in [-0.25, -0.2) is 4.79 Å². The summed E-state index contributed by atoms with van der Waals surface area (Å²) in [5.74, 6) is -1.55. The van der Waals surface area contributed by atoms with Crippen molar-refractivity contribution in [2.75, 3.05) is 6.61 Å². The van der Waals surface area contributed by atoms with E-state index >= 15 is 0 Å². The molecule has 2 N–H and O–H groups in total. The van der Waals surface area contributed by atoms with E-state index in [2.05, 4.69) is 0 Å². The molecule has 19 heavy (non-hydrogen) atoms. The number of carboxylic acid groups (broad SMARTS) is 1. The van der Waals surface area contributed by atoms with Gasteiger partial charge in [-0.05, 0) is 12.1 Å². The molecule has 1 aromatic rings. The van der Waals surface area contributed by atoms with Crippen molar-refractivity contribution in [2.24, 2.45) is 0 Å². The topological polar surface area (TPSA) is 91.0 Å². The molecule has 1 atom stereocenters. The molecule has 2 aliphatic rings. The predicted molar refractivity (Wildman–Crippen MR) is 66.7 cm³/mol. The van der Waals surface area contributed by atoms with Gasteiger partial charge in [-0.1, -0.05) is 11.8 Å². The Hall–Kier alpha value is -1.99.